The molecule has 0 spiro atoms. The fraction of sp³-hybridized carbons (Fsp3) is 0.889. The van der Waals surface area contributed by atoms with Crippen LogP contribution in [-0.2, 0) is 0 Å². The Hall–Kier alpha value is -0.810. The first-order valence-electron chi connectivity index (χ1n) is 5.05. The van der Waals surface area contributed by atoms with Gasteiger partial charge in [-0.15, -0.1) is 0 Å². The maximum Gasteiger partial charge on any atom is 0.156 e. The highest BCUT2D eigenvalue weighted by Gasteiger charge is 2.09. The quantitative estimate of drug-likeness (QED) is 0.236. The Labute approximate surface area is 86.0 Å². The van der Waals surface area contributed by atoms with Gasteiger partial charge in [-0.05, 0) is 20.0 Å². The summed E-state index contributed by atoms with van der Waals surface area (Å²) in [4.78, 5) is 2.20. The van der Waals surface area contributed by atoms with Crippen LogP contribution in [0, 0.1) is 0 Å². The number of amidine groups is 1. The molecule has 5 heteroatoms. The third-order valence-electron chi connectivity index (χ3n) is 2.30. The van der Waals surface area contributed by atoms with Gasteiger partial charge in [0.25, 0.3) is 0 Å². The summed E-state index contributed by atoms with van der Waals surface area (Å²) in [5, 5.41) is 14.7. The first-order valence-corrected chi connectivity index (χ1v) is 5.05. The van der Waals surface area contributed by atoms with Crippen molar-refractivity contribution >= 4 is 5.84 Å². The Morgan fingerprint density at radius 2 is 2.21 bits per heavy atom. The minimum absolute atomic E-state index is 0.0229. The number of hydrogen-bond acceptors (Lipinski definition) is 4. The van der Waals surface area contributed by atoms with Crippen LogP contribution < -0.4 is 11.1 Å². The van der Waals surface area contributed by atoms with Crippen LogP contribution >= 0.6 is 0 Å². The number of nitrogens with one attached hydrogen (secondary N) is 1. The van der Waals surface area contributed by atoms with Gasteiger partial charge in [-0.1, -0.05) is 19.0 Å². The predicted octanol–water partition coefficient (Wildman–Crippen LogP) is 0.0527. The normalized spacial score (nSPS) is 14.7. The second-order valence-corrected chi connectivity index (χ2v) is 3.34. The standard InChI is InChI=1S/C9H22N4O/c1-4-8(9(10)12-14)11-6-7-13(3)5-2/h8,11,14H,4-7H2,1-3H3,(H2,10,12). The first-order chi connectivity index (χ1) is 6.65. The van der Waals surface area contributed by atoms with Crippen molar-refractivity contribution in [3.63, 3.8) is 0 Å². The first kappa shape index (κ1) is 13.2. The zero-order valence-corrected chi connectivity index (χ0v) is 9.32. The van der Waals surface area contributed by atoms with E-state index < -0.39 is 0 Å². The summed E-state index contributed by atoms with van der Waals surface area (Å²) in [5.41, 5.74) is 5.50. The summed E-state index contributed by atoms with van der Waals surface area (Å²) in [5.74, 6) is 0.256. The predicted molar refractivity (Wildman–Crippen MR) is 58.7 cm³/mol. The van der Waals surface area contributed by atoms with Crippen molar-refractivity contribution in [3.05, 3.63) is 0 Å². The third kappa shape index (κ3) is 5.04. The average molecular weight is 202 g/mol. The minimum Gasteiger partial charge on any atom is -0.409 e. The highest BCUT2D eigenvalue weighted by Crippen LogP contribution is 1.90. The van der Waals surface area contributed by atoms with Gasteiger partial charge in [0, 0.05) is 13.1 Å². The molecule has 0 radical (unpaired) electrons. The molecule has 0 amide bonds. The third-order valence-corrected chi connectivity index (χ3v) is 2.30. The molecule has 5 nitrogen and oxygen atoms in total. The zero-order chi connectivity index (χ0) is 11.0. The van der Waals surface area contributed by atoms with Crippen LogP contribution in [0.15, 0.2) is 5.16 Å². The molecule has 0 heterocycles. The van der Waals surface area contributed by atoms with Gasteiger partial charge in [-0.3, -0.25) is 0 Å². The van der Waals surface area contributed by atoms with Crippen molar-refractivity contribution in [2.75, 3.05) is 26.7 Å². The summed E-state index contributed by atoms with van der Waals surface area (Å²) >= 11 is 0. The van der Waals surface area contributed by atoms with E-state index >= 15 is 0 Å². The lowest BCUT2D eigenvalue weighted by Gasteiger charge is -2.18. The SMILES string of the molecule is CCC(NCCN(C)CC)C(N)=NO. The Bertz CT molecular complexity index is 172. The Morgan fingerprint density at radius 3 is 2.64 bits per heavy atom. The average Bonchev–Trinajstić information content (AvgIpc) is 2.22. The number of oxime groups is 1. The van der Waals surface area contributed by atoms with Gasteiger partial charge in [-0.2, -0.15) is 0 Å². The summed E-state index contributed by atoms with van der Waals surface area (Å²) in [6.45, 7) is 6.95. The van der Waals surface area contributed by atoms with Crippen LogP contribution in [0.1, 0.15) is 20.3 Å². The fourth-order valence-electron chi connectivity index (χ4n) is 1.12. The van der Waals surface area contributed by atoms with Crippen molar-refractivity contribution in [3.8, 4) is 0 Å². The van der Waals surface area contributed by atoms with Crippen LogP contribution in [0.25, 0.3) is 0 Å². The molecule has 0 aliphatic heterocycles. The molecule has 14 heavy (non-hydrogen) atoms. The van der Waals surface area contributed by atoms with Gasteiger partial charge in [-0.25, -0.2) is 0 Å². The molecule has 0 aliphatic rings. The largest absolute Gasteiger partial charge is 0.409 e. The molecule has 1 unspecified atom stereocenters. The van der Waals surface area contributed by atoms with E-state index in [0.29, 0.717) is 0 Å². The van der Waals surface area contributed by atoms with Crippen molar-refractivity contribution in [2.24, 2.45) is 10.9 Å². The lowest BCUT2D eigenvalue weighted by molar-refractivity contribution is 0.312. The van der Waals surface area contributed by atoms with Crippen molar-refractivity contribution < 1.29 is 5.21 Å². The van der Waals surface area contributed by atoms with Crippen molar-refractivity contribution in [1.29, 1.82) is 0 Å². The van der Waals surface area contributed by atoms with Crippen LogP contribution in [0.3, 0.4) is 0 Å². The highest BCUT2D eigenvalue weighted by atomic mass is 16.4. The van der Waals surface area contributed by atoms with E-state index in [2.05, 4.69) is 29.3 Å². The number of hydrogen-bond donors (Lipinski definition) is 3. The maximum atomic E-state index is 8.50. The molecule has 0 aromatic rings. The maximum absolute atomic E-state index is 8.50. The van der Waals surface area contributed by atoms with Gasteiger partial charge in [0.1, 0.15) is 0 Å². The van der Waals surface area contributed by atoms with Gasteiger partial charge in [0.2, 0.25) is 0 Å². The van der Waals surface area contributed by atoms with E-state index in [1.165, 1.54) is 0 Å². The minimum atomic E-state index is -0.0229. The van der Waals surface area contributed by atoms with Crippen LogP contribution in [0.2, 0.25) is 0 Å². The van der Waals surface area contributed by atoms with E-state index in [9.17, 15) is 0 Å². The Morgan fingerprint density at radius 1 is 1.57 bits per heavy atom. The van der Waals surface area contributed by atoms with E-state index in [-0.39, 0.29) is 11.9 Å². The molecular weight excluding hydrogens is 180 g/mol. The molecule has 84 valence electrons. The van der Waals surface area contributed by atoms with Gasteiger partial charge < -0.3 is 21.2 Å². The number of nitrogens with two attached hydrogens (primary N) is 1. The molecule has 0 saturated heterocycles. The van der Waals surface area contributed by atoms with Crippen LogP contribution in [0.4, 0.5) is 0 Å². The fourth-order valence-corrected chi connectivity index (χ4v) is 1.12. The summed E-state index contributed by atoms with van der Waals surface area (Å²) < 4.78 is 0. The lowest BCUT2D eigenvalue weighted by atomic mass is 10.2. The number of rotatable bonds is 7. The smallest absolute Gasteiger partial charge is 0.156 e. The molecule has 0 saturated carbocycles. The Balaban J connectivity index is 3.74. The van der Waals surface area contributed by atoms with Gasteiger partial charge in [0.15, 0.2) is 5.84 Å². The summed E-state index contributed by atoms with van der Waals surface area (Å²) in [6.07, 6.45) is 0.825. The topological polar surface area (TPSA) is 73.9 Å². The molecule has 4 N–H and O–H groups in total. The van der Waals surface area contributed by atoms with Gasteiger partial charge in [0.05, 0.1) is 6.04 Å². The summed E-state index contributed by atoms with van der Waals surface area (Å²) in [6, 6.07) is -0.0229. The van der Waals surface area contributed by atoms with Crippen LogP contribution in [-0.4, -0.2) is 48.7 Å². The second-order valence-electron chi connectivity index (χ2n) is 3.34. The van der Waals surface area contributed by atoms with E-state index in [1.54, 1.807) is 0 Å². The monoisotopic (exact) mass is 202 g/mol. The van der Waals surface area contributed by atoms with Gasteiger partial charge >= 0.3 is 0 Å². The van der Waals surface area contributed by atoms with E-state index in [1.807, 2.05) is 6.92 Å². The molecule has 0 fully saturated rings. The molecule has 0 aromatic heterocycles. The highest BCUT2D eigenvalue weighted by molar-refractivity contribution is 5.85. The molecule has 1 atom stereocenters. The second kappa shape index (κ2) is 7.58. The molecule has 0 rings (SSSR count). The zero-order valence-electron chi connectivity index (χ0n) is 9.32. The molecular formula is C9H22N4O. The van der Waals surface area contributed by atoms with Crippen molar-refractivity contribution in [1.82, 2.24) is 10.2 Å². The molecule has 0 aromatic carbocycles. The Kier molecular flexibility index (Phi) is 7.14. The van der Waals surface area contributed by atoms with E-state index in [4.69, 9.17) is 10.9 Å². The molecule has 0 bridgehead atoms. The van der Waals surface area contributed by atoms with Crippen molar-refractivity contribution in [2.45, 2.75) is 26.3 Å². The lowest BCUT2D eigenvalue weighted by Crippen LogP contribution is -2.43. The molecule has 0 aliphatic carbocycles. The number of nitrogens with zero attached hydrogens (tertiary/aromatic N) is 2. The van der Waals surface area contributed by atoms with Crippen LogP contribution in [0.5, 0.6) is 0 Å². The summed E-state index contributed by atoms with van der Waals surface area (Å²) in [7, 11) is 2.06. The number of likely N-dealkylation sites (N-methyl/N-ethyl adjacent to an activating group) is 1. The van der Waals surface area contributed by atoms with E-state index in [0.717, 1.165) is 26.1 Å².